The summed E-state index contributed by atoms with van der Waals surface area (Å²) < 4.78 is 0. The van der Waals surface area contributed by atoms with Crippen LogP contribution in [0.5, 0.6) is 0 Å². The molecule has 2 aromatic carbocycles. The first-order valence-electron chi connectivity index (χ1n) is 9.52. The Bertz CT molecular complexity index is 1170. The van der Waals surface area contributed by atoms with Gasteiger partial charge in [0, 0.05) is 53.5 Å². The number of nitrogens with one attached hydrogen (secondary N) is 3. The molecule has 7 nitrogen and oxygen atoms in total. The van der Waals surface area contributed by atoms with Gasteiger partial charge in [0.2, 0.25) is 5.91 Å². The Morgan fingerprint density at radius 3 is 2.47 bits per heavy atom. The lowest BCUT2D eigenvalue weighted by Crippen LogP contribution is -2.20. The molecule has 0 aliphatic carbocycles. The zero-order valence-corrected chi connectivity index (χ0v) is 16.1. The number of aromatic nitrogens is 2. The Balaban J connectivity index is 1.35. The van der Waals surface area contributed by atoms with Gasteiger partial charge in [-0.15, -0.1) is 0 Å². The normalized spacial score (nSPS) is 11.8. The lowest BCUT2D eigenvalue weighted by molar-refractivity contribution is -0.116. The monoisotopic (exact) mass is 399 g/mol. The van der Waals surface area contributed by atoms with Gasteiger partial charge in [-0.1, -0.05) is 18.2 Å². The molecule has 1 unspecified atom stereocenters. The second-order valence-corrected chi connectivity index (χ2v) is 6.95. The molecule has 0 aliphatic heterocycles. The van der Waals surface area contributed by atoms with Crippen LogP contribution in [0.1, 0.15) is 28.4 Å². The maximum Gasteiger partial charge on any atom is 0.255 e. The molecule has 0 aliphatic rings. The van der Waals surface area contributed by atoms with E-state index in [0.717, 1.165) is 16.5 Å². The van der Waals surface area contributed by atoms with Crippen LogP contribution in [0.4, 0.5) is 11.4 Å². The van der Waals surface area contributed by atoms with Gasteiger partial charge in [-0.2, -0.15) is 0 Å². The predicted octanol–water partition coefficient (Wildman–Crippen LogP) is 3.84. The maximum absolute atomic E-state index is 12.4. The number of fused-ring (bicyclic) bond motifs is 1. The summed E-state index contributed by atoms with van der Waals surface area (Å²) in [5.74, 6) is -0.397. The van der Waals surface area contributed by atoms with Gasteiger partial charge >= 0.3 is 0 Å². The Labute approximate surface area is 173 Å². The van der Waals surface area contributed by atoms with E-state index in [2.05, 4.69) is 20.6 Å². The van der Waals surface area contributed by atoms with Gasteiger partial charge in [0.05, 0.1) is 0 Å². The first-order valence-corrected chi connectivity index (χ1v) is 9.52. The van der Waals surface area contributed by atoms with Crippen molar-refractivity contribution < 1.29 is 9.59 Å². The number of hydrogen-bond acceptors (Lipinski definition) is 4. The maximum atomic E-state index is 12.4. The quantitative estimate of drug-likeness (QED) is 0.394. The number of amides is 2. The van der Waals surface area contributed by atoms with Gasteiger partial charge in [-0.05, 0) is 53.4 Å². The first-order chi connectivity index (χ1) is 14.6. The van der Waals surface area contributed by atoms with E-state index >= 15 is 0 Å². The number of aromatic amines is 1. The number of nitrogens with zero attached hydrogens (tertiary/aromatic N) is 1. The van der Waals surface area contributed by atoms with Crippen molar-refractivity contribution in [2.24, 2.45) is 5.73 Å². The molecule has 4 rings (SSSR count). The number of carbonyl (C=O) groups is 2. The molecule has 5 N–H and O–H groups in total. The third-order valence-electron chi connectivity index (χ3n) is 4.78. The van der Waals surface area contributed by atoms with Gasteiger partial charge in [-0.25, -0.2) is 0 Å². The molecule has 30 heavy (non-hydrogen) atoms. The van der Waals surface area contributed by atoms with E-state index in [1.165, 1.54) is 0 Å². The van der Waals surface area contributed by atoms with Crippen LogP contribution in [-0.4, -0.2) is 21.8 Å². The number of H-pyrrole nitrogens is 1. The van der Waals surface area contributed by atoms with E-state index in [9.17, 15) is 9.59 Å². The van der Waals surface area contributed by atoms with E-state index in [4.69, 9.17) is 5.73 Å². The largest absolute Gasteiger partial charge is 0.361 e. The standard InChI is InChI=1S/C23H21N5O2/c24-20(14-22(29)27-19-6-5-16-7-12-26-21(16)13-19)15-1-3-17(4-2-15)23(30)28-18-8-10-25-11-9-18/h1-13,20,26H,14,24H2,(H,27,29)(H,25,28,30). The summed E-state index contributed by atoms with van der Waals surface area (Å²) in [5.41, 5.74) is 9.83. The van der Waals surface area contributed by atoms with Crippen molar-refractivity contribution in [2.75, 3.05) is 10.6 Å². The second kappa shape index (κ2) is 8.59. The molecule has 7 heteroatoms. The van der Waals surface area contributed by atoms with Gasteiger partial charge < -0.3 is 21.4 Å². The topological polar surface area (TPSA) is 113 Å². The molecule has 0 bridgehead atoms. The number of carbonyl (C=O) groups excluding carboxylic acids is 2. The Morgan fingerprint density at radius 1 is 0.933 bits per heavy atom. The zero-order valence-electron chi connectivity index (χ0n) is 16.1. The smallest absolute Gasteiger partial charge is 0.255 e. The summed E-state index contributed by atoms with van der Waals surface area (Å²) in [6.07, 6.45) is 5.20. The zero-order chi connectivity index (χ0) is 20.9. The van der Waals surface area contributed by atoms with Gasteiger partial charge in [-0.3, -0.25) is 14.6 Å². The molecule has 2 aromatic heterocycles. The fourth-order valence-corrected chi connectivity index (χ4v) is 3.18. The number of pyridine rings is 1. The van der Waals surface area contributed by atoms with Crippen molar-refractivity contribution in [3.8, 4) is 0 Å². The van der Waals surface area contributed by atoms with E-state index in [1.807, 2.05) is 30.5 Å². The molecule has 0 radical (unpaired) electrons. The van der Waals surface area contributed by atoms with E-state index in [1.54, 1.807) is 48.8 Å². The molecule has 0 saturated carbocycles. The fourth-order valence-electron chi connectivity index (χ4n) is 3.18. The fraction of sp³-hybridized carbons (Fsp3) is 0.0870. The Morgan fingerprint density at radius 2 is 1.70 bits per heavy atom. The molecule has 1 atom stereocenters. The number of rotatable bonds is 6. The first kappa shape index (κ1) is 19.4. The van der Waals surface area contributed by atoms with Crippen LogP contribution in [0.2, 0.25) is 0 Å². The van der Waals surface area contributed by atoms with Crippen LogP contribution in [-0.2, 0) is 4.79 Å². The molecule has 2 amide bonds. The molecule has 0 fully saturated rings. The van der Waals surface area contributed by atoms with Gasteiger partial charge in [0.25, 0.3) is 5.91 Å². The third-order valence-corrected chi connectivity index (χ3v) is 4.78. The molecule has 4 aromatic rings. The SMILES string of the molecule is NC(CC(=O)Nc1ccc2cc[nH]c2c1)c1ccc(C(=O)Nc2ccncc2)cc1. The minimum Gasteiger partial charge on any atom is -0.361 e. The highest BCUT2D eigenvalue weighted by Gasteiger charge is 2.14. The second-order valence-electron chi connectivity index (χ2n) is 6.95. The average Bonchev–Trinajstić information content (AvgIpc) is 3.22. The molecular formula is C23H21N5O2. The lowest BCUT2D eigenvalue weighted by atomic mass is 10.0. The Kier molecular flexibility index (Phi) is 5.54. The summed E-state index contributed by atoms with van der Waals surface area (Å²) in [6.45, 7) is 0. The summed E-state index contributed by atoms with van der Waals surface area (Å²) in [6, 6.07) is 17.5. The summed E-state index contributed by atoms with van der Waals surface area (Å²) in [5, 5.41) is 6.75. The van der Waals surface area contributed by atoms with Gasteiger partial charge in [0.15, 0.2) is 0 Å². The van der Waals surface area contributed by atoms with Crippen LogP contribution in [0, 0.1) is 0 Å². The van der Waals surface area contributed by atoms with Crippen molar-refractivity contribution in [3.05, 3.63) is 90.4 Å². The minimum atomic E-state index is -0.475. The number of nitrogens with two attached hydrogens (primary N) is 1. The van der Waals surface area contributed by atoms with Crippen LogP contribution >= 0.6 is 0 Å². The van der Waals surface area contributed by atoms with E-state index < -0.39 is 6.04 Å². The predicted molar refractivity (Wildman–Crippen MR) is 117 cm³/mol. The molecule has 0 spiro atoms. The molecular weight excluding hydrogens is 378 g/mol. The van der Waals surface area contributed by atoms with Crippen molar-refractivity contribution >= 4 is 34.1 Å². The Hall–Kier alpha value is -3.97. The highest BCUT2D eigenvalue weighted by molar-refractivity contribution is 6.04. The summed E-state index contributed by atoms with van der Waals surface area (Å²) in [7, 11) is 0. The highest BCUT2D eigenvalue weighted by Crippen LogP contribution is 2.20. The summed E-state index contributed by atoms with van der Waals surface area (Å²) in [4.78, 5) is 31.7. The molecule has 0 saturated heterocycles. The lowest BCUT2D eigenvalue weighted by Gasteiger charge is -2.13. The highest BCUT2D eigenvalue weighted by atomic mass is 16.2. The molecule has 2 heterocycles. The average molecular weight is 399 g/mol. The number of hydrogen-bond donors (Lipinski definition) is 4. The van der Waals surface area contributed by atoms with Crippen LogP contribution in [0.3, 0.4) is 0 Å². The summed E-state index contributed by atoms with van der Waals surface area (Å²) >= 11 is 0. The van der Waals surface area contributed by atoms with Crippen LogP contribution in [0.15, 0.2) is 79.3 Å². The van der Waals surface area contributed by atoms with Crippen molar-refractivity contribution in [3.63, 3.8) is 0 Å². The van der Waals surface area contributed by atoms with Gasteiger partial charge in [0.1, 0.15) is 0 Å². The van der Waals surface area contributed by atoms with Crippen LogP contribution < -0.4 is 16.4 Å². The molecule has 150 valence electrons. The number of anilines is 2. The van der Waals surface area contributed by atoms with Crippen molar-refractivity contribution in [1.29, 1.82) is 0 Å². The minimum absolute atomic E-state index is 0.130. The van der Waals surface area contributed by atoms with Crippen LogP contribution in [0.25, 0.3) is 10.9 Å². The number of benzene rings is 2. The van der Waals surface area contributed by atoms with Crippen molar-refractivity contribution in [1.82, 2.24) is 9.97 Å². The van der Waals surface area contributed by atoms with E-state index in [-0.39, 0.29) is 18.2 Å². The van der Waals surface area contributed by atoms with E-state index in [0.29, 0.717) is 16.9 Å². The third kappa shape index (κ3) is 4.53. The van der Waals surface area contributed by atoms with Crippen molar-refractivity contribution in [2.45, 2.75) is 12.5 Å².